The molecule has 0 saturated carbocycles. The van der Waals surface area contributed by atoms with Crippen LogP contribution in [-0.4, -0.2) is 69.0 Å². The lowest BCUT2D eigenvalue weighted by Crippen LogP contribution is -2.49. The fourth-order valence-electron chi connectivity index (χ4n) is 2.56. The summed E-state index contributed by atoms with van der Waals surface area (Å²) in [5.74, 6) is 0.349. The van der Waals surface area contributed by atoms with Crippen molar-refractivity contribution in [2.45, 2.75) is 45.3 Å². The largest absolute Gasteiger partial charge is 0.466 e. The average molecular weight is 362 g/mol. The quantitative estimate of drug-likeness (QED) is 0.447. The summed E-state index contributed by atoms with van der Waals surface area (Å²) in [6, 6.07) is 0. The molecule has 7 nitrogen and oxygen atoms in total. The molecule has 140 valence electrons. The summed E-state index contributed by atoms with van der Waals surface area (Å²) in [5.41, 5.74) is 0. The third kappa shape index (κ3) is 5.65. The number of nitrogens with zero attached hydrogens (tertiary/aromatic N) is 2. The number of esters is 1. The maximum Gasteiger partial charge on any atom is 0.310 e. The number of hydrogen-bond donors (Lipinski definition) is 1. The molecule has 24 heavy (non-hydrogen) atoms. The fraction of sp³-hybridized carbons (Fsp3) is 0.875. The number of ether oxygens (including phenoxy) is 1. The molecule has 1 unspecified atom stereocenters. The zero-order chi connectivity index (χ0) is 18.4. The third-order valence-electron chi connectivity index (χ3n) is 4.14. The van der Waals surface area contributed by atoms with Crippen molar-refractivity contribution in [2.24, 2.45) is 10.9 Å². The monoisotopic (exact) mass is 361 g/mol. The molecule has 1 aliphatic heterocycles. The van der Waals surface area contributed by atoms with Gasteiger partial charge in [-0.2, -0.15) is 0 Å². The van der Waals surface area contributed by atoms with E-state index in [1.54, 1.807) is 34.7 Å². The van der Waals surface area contributed by atoms with Gasteiger partial charge in [0.15, 0.2) is 15.8 Å². The number of sulfone groups is 1. The van der Waals surface area contributed by atoms with Crippen molar-refractivity contribution in [3.05, 3.63) is 0 Å². The van der Waals surface area contributed by atoms with Crippen LogP contribution in [0.15, 0.2) is 4.99 Å². The highest BCUT2D eigenvalue weighted by Gasteiger charge is 2.30. The first-order valence-electron chi connectivity index (χ1n) is 8.47. The van der Waals surface area contributed by atoms with Crippen molar-refractivity contribution in [1.82, 2.24) is 10.2 Å². The summed E-state index contributed by atoms with van der Waals surface area (Å²) in [5, 5.41) is 3.10. The minimum atomic E-state index is -3.17. The van der Waals surface area contributed by atoms with Gasteiger partial charge in [0.25, 0.3) is 0 Å². The lowest BCUT2D eigenvalue weighted by Gasteiger charge is -2.34. The standard InChI is InChI=1S/C16H31N3O4S/c1-6-23-14(20)13-8-7-10-19(12-13)15(17-5)18-9-11-24(21,22)16(2,3)4/h13H,6-12H2,1-5H3,(H,17,18). The number of piperidine rings is 1. The Hall–Kier alpha value is -1.31. The molecule has 1 heterocycles. The lowest BCUT2D eigenvalue weighted by atomic mass is 9.98. The molecule has 1 atom stereocenters. The SMILES string of the molecule is CCOC(=O)C1CCCN(C(=NC)NCCS(=O)(=O)C(C)(C)C)C1. The Kier molecular flexibility index (Phi) is 7.51. The first-order valence-corrected chi connectivity index (χ1v) is 10.1. The fourth-order valence-corrected chi connectivity index (χ4v) is 3.54. The minimum Gasteiger partial charge on any atom is -0.466 e. The second kappa shape index (κ2) is 8.69. The van der Waals surface area contributed by atoms with Gasteiger partial charge in [-0.05, 0) is 40.5 Å². The summed E-state index contributed by atoms with van der Waals surface area (Å²) in [6.45, 7) is 8.92. The molecule has 0 aromatic carbocycles. The number of nitrogens with one attached hydrogen (secondary N) is 1. The molecule has 0 spiro atoms. The summed E-state index contributed by atoms with van der Waals surface area (Å²) < 4.78 is 28.6. The maximum atomic E-state index is 12.2. The highest BCUT2D eigenvalue weighted by Crippen LogP contribution is 2.18. The number of carbonyl (C=O) groups is 1. The number of hydrogen-bond acceptors (Lipinski definition) is 5. The second-order valence-electron chi connectivity index (χ2n) is 6.94. The Balaban J connectivity index is 2.59. The molecule has 1 aliphatic rings. The van der Waals surface area contributed by atoms with Gasteiger partial charge in [-0.25, -0.2) is 8.42 Å². The first-order chi connectivity index (χ1) is 11.1. The molecular formula is C16H31N3O4S. The van der Waals surface area contributed by atoms with Crippen molar-refractivity contribution < 1.29 is 17.9 Å². The summed E-state index contributed by atoms with van der Waals surface area (Å²) >= 11 is 0. The smallest absolute Gasteiger partial charge is 0.310 e. The van der Waals surface area contributed by atoms with Gasteiger partial charge >= 0.3 is 5.97 Å². The van der Waals surface area contributed by atoms with E-state index in [0.717, 1.165) is 19.4 Å². The Morgan fingerprint density at radius 1 is 1.38 bits per heavy atom. The Bertz CT molecular complexity index is 552. The van der Waals surface area contributed by atoms with Crippen LogP contribution in [0.5, 0.6) is 0 Å². The van der Waals surface area contributed by atoms with Gasteiger partial charge in [0.2, 0.25) is 0 Å². The topological polar surface area (TPSA) is 88.1 Å². The van der Waals surface area contributed by atoms with Gasteiger partial charge in [0, 0.05) is 26.7 Å². The summed E-state index contributed by atoms with van der Waals surface area (Å²) in [7, 11) is -1.51. The number of aliphatic imine (C=N–C) groups is 1. The van der Waals surface area contributed by atoms with Crippen molar-refractivity contribution in [1.29, 1.82) is 0 Å². The van der Waals surface area contributed by atoms with Crippen molar-refractivity contribution in [3.63, 3.8) is 0 Å². The molecule has 0 bridgehead atoms. The van der Waals surface area contributed by atoms with Crippen molar-refractivity contribution in [3.8, 4) is 0 Å². The number of rotatable bonds is 5. The van der Waals surface area contributed by atoms with Crippen LogP contribution < -0.4 is 5.32 Å². The number of likely N-dealkylation sites (tertiary alicyclic amines) is 1. The number of carbonyl (C=O) groups excluding carboxylic acids is 1. The van der Waals surface area contributed by atoms with Crippen LogP contribution in [0, 0.1) is 5.92 Å². The van der Waals surface area contributed by atoms with Crippen molar-refractivity contribution in [2.75, 3.05) is 39.0 Å². The summed E-state index contributed by atoms with van der Waals surface area (Å²) in [6.07, 6.45) is 1.69. The highest BCUT2D eigenvalue weighted by molar-refractivity contribution is 7.92. The Labute approximate surface area is 145 Å². The molecule has 0 amide bonds. The van der Waals surface area contributed by atoms with E-state index in [1.807, 2.05) is 4.90 Å². The predicted molar refractivity (Wildman–Crippen MR) is 95.8 cm³/mol. The zero-order valence-electron chi connectivity index (χ0n) is 15.5. The molecule has 8 heteroatoms. The van der Waals surface area contributed by atoms with Crippen LogP contribution in [-0.2, 0) is 19.4 Å². The van der Waals surface area contributed by atoms with Crippen LogP contribution >= 0.6 is 0 Å². The van der Waals surface area contributed by atoms with Crippen LogP contribution in [0.1, 0.15) is 40.5 Å². The first kappa shape index (κ1) is 20.7. The normalized spacial score (nSPS) is 20.0. The predicted octanol–water partition coefficient (Wildman–Crippen LogP) is 1.05. The Morgan fingerprint density at radius 3 is 2.58 bits per heavy atom. The van der Waals surface area contributed by atoms with E-state index in [0.29, 0.717) is 25.7 Å². The van der Waals surface area contributed by atoms with E-state index in [9.17, 15) is 13.2 Å². The highest BCUT2D eigenvalue weighted by atomic mass is 32.2. The van der Waals surface area contributed by atoms with E-state index in [-0.39, 0.29) is 17.6 Å². The van der Waals surface area contributed by atoms with Gasteiger partial charge < -0.3 is 15.0 Å². The van der Waals surface area contributed by atoms with Crippen LogP contribution in [0.2, 0.25) is 0 Å². The summed E-state index contributed by atoms with van der Waals surface area (Å²) in [4.78, 5) is 18.1. The number of guanidine groups is 1. The molecular weight excluding hydrogens is 330 g/mol. The van der Waals surface area contributed by atoms with Gasteiger partial charge in [-0.3, -0.25) is 9.79 Å². The van der Waals surface area contributed by atoms with Crippen LogP contribution in [0.3, 0.4) is 0 Å². The van der Waals surface area contributed by atoms with Gasteiger partial charge in [0.05, 0.1) is 23.0 Å². The second-order valence-corrected chi connectivity index (χ2v) is 9.80. The van der Waals surface area contributed by atoms with Gasteiger partial charge in [-0.15, -0.1) is 0 Å². The van der Waals surface area contributed by atoms with E-state index in [4.69, 9.17) is 4.74 Å². The zero-order valence-corrected chi connectivity index (χ0v) is 16.3. The van der Waals surface area contributed by atoms with E-state index in [1.165, 1.54) is 0 Å². The van der Waals surface area contributed by atoms with E-state index < -0.39 is 14.6 Å². The molecule has 0 aromatic heterocycles. The molecule has 1 fully saturated rings. The van der Waals surface area contributed by atoms with E-state index in [2.05, 4.69) is 10.3 Å². The molecule has 0 aliphatic carbocycles. The van der Waals surface area contributed by atoms with Gasteiger partial charge in [-0.1, -0.05) is 0 Å². The van der Waals surface area contributed by atoms with Crippen LogP contribution in [0.25, 0.3) is 0 Å². The van der Waals surface area contributed by atoms with Crippen LogP contribution in [0.4, 0.5) is 0 Å². The lowest BCUT2D eigenvalue weighted by molar-refractivity contribution is -0.149. The third-order valence-corrected chi connectivity index (χ3v) is 6.75. The maximum absolute atomic E-state index is 12.2. The molecule has 1 rings (SSSR count). The van der Waals surface area contributed by atoms with Crippen molar-refractivity contribution >= 4 is 21.8 Å². The molecule has 1 saturated heterocycles. The molecule has 1 N–H and O–H groups in total. The van der Waals surface area contributed by atoms with Gasteiger partial charge in [0.1, 0.15) is 0 Å². The Morgan fingerprint density at radius 2 is 2.04 bits per heavy atom. The molecule has 0 aromatic rings. The molecule has 0 radical (unpaired) electrons. The average Bonchev–Trinajstić information content (AvgIpc) is 2.51. The van der Waals surface area contributed by atoms with E-state index >= 15 is 0 Å². The minimum absolute atomic E-state index is 0.0463.